The molecule has 0 spiro atoms. The Morgan fingerprint density at radius 2 is 0.947 bits per heavy atom. The first-order valence-corrected chi connectivity index (χ1v) is 20.3. The summed E-state index contributed by atoms with van der Waals surface area (Å²) in [4.78, 5) is 10.6. The summed E-state index contributed by atoms with van der Waals surface area (Å²) >= 11 is 1.85. The van der Waals surface area contributed by atoms with Crippen LogP contribution in [-0.4, -0.2) is 9.97 Å². The Morgan fingerprint density at radius 3 is 1.74 bits per heavy atom. The molecular formula is C54H36N2S. The number of rotatable bonds is 6. The van der Waals surface area contributed by atoms with Crippen molar-refractivity contribution in [1.82, 2.24) is 9.97 Å². The lowest BCUT2D eigenvalue weighted by Crippen LogP contribution is -2.22. The SMILES string of the molecule is CC1(c2ccccc2)c2ccccc2-c2ccc(-c3cc(-c4cc(-c5ccccc5)cc(-c5ccc6c(c5)sc5ccccc56)c4)nc(-c4ccccc4)n3)cc21. The van der Waals surface area contributed by atoms with E-state index in [-0.39, 0.29) is 5.41 Å². The summed E-state index contributed by atoms with van der Waals surface area (Å²) in [6, 6.07) is 72.3. The highest BCUT2D eigenvalue weighted by atomic mass is 32.1. The molecule has 3 heteroatoms. The standard InChI is InChI=1S/C54H36N2S/c1-54(42-19-9-4-10-20-42)47-23-13-11-21-43(47)44-27-26-38(32-48(44)54)49-34-50(56-53(55-49)36-17-7-3-8-18-36)41-30-39(35-15-5-2-6-16-35)29-40(31-41)37-25-28-46-45-22-12-14-24-51(45)57-52(46)33-37/h2-34H,1H3. The normalized spacial score (nSPS) is 14.5. The number of benzene rings is 8. The topological polar surface area (TPSA) is 25.8 Å². The van der Waals surface area contributed by atoms with E-state index in [0.29, 0.717) is 5.82 Å². The van der Waals surface area contributed by atoms with Gasteiger partial charge in [0.1, 0.15) is 0 Å². The van der Waals surface area contributed by atoms with Crippen LogP contribution in [0.5, 0.6) is 0 Å². The molecular weight excluding hydrogens is 709 g/mol. The monoisotopic (exact) mass is 744 g/mol. The third kappa shape index (κ3) is 5.62. The Hall–Kier alpha value is -6.94. The molecule has 2 heterocycles. The highest BCUT2D eigenvalue weighted by Gasteiger charge is 2.40. The summed E-state index contributed by atoms with van der Waals surface area (Å²) in [5.74, 6) is 0.705. The van der Waals surface area contributed by atoms with E-state index in [1.165, 1.54) is 59.1 Å². The van der Waals surface area contributed by atoms with Gasteiger partial charge in [0.2, 0.25) is 0 Å². The average Bonchev–Trinajstić information content (AvgIpc) is 3.79. The van der Waals surface area contributed by atoms with Crippen LogP contribution < -0.4 is 0 Å². The quantitative estimate of drug-likeness (QED) is 0.169. The largest absolute Gasteiger partial charge is 0.228 e. The average molecular weight is 745 g/mol. The van der Waals surface area contributed by atoms with E-state index in [4.69, 9.17) is 9.97 Å². The van der Waals surface area contributed by atoms with Crippen molar-refractivity contribution < 1.29 is 0 Å². The van der Waals surface area contributed by atoms with E-state index < -0.39 is 0 Å². The Kier molecular flexibility index (Phi) is 7.84. The van der Waals surface area contributed by atoms with Crippen molar-refractivity contribution in [2.24, 2.45) is 0 Å². The molecule has 8 aromatic carbocycles. The molecule has 11 rings (SSSR count). The lowest BCUT2D eigenvalue weighted by atomic mass is 9.74. The van der Waals surface area contributed by atoms with Gasteiger partial charge in [-0.25, -0.2) is 9.97 Å². The van der Waals surface area contributed by atoms with E-state index >= 15 is 0 Å². The fourth-order valence-corrected chi connectivity index (χ4v) is 9.98. The van der Waals surface area contributed by atoms with Crippen molar-refractivity contribution in [1.29, 1.82) is 0 Å². The van der Waals surface area contributed by atoms with Crippen molar-refractivity contribution in [2.45, 2.75) is 12.3 Å². The van der Waals surface area contributed by atoms with Gasteiger partial charge in [-0.3, -0.25) is 0 Å². The maximum absolute atomic E-state index is 5.32. The predicted octanol–water partition coefficient (Wildman–Crippen LogP) is 14.5. The molecule has 0 saturated carbocycles. The van der Waals surface area contributed by atoms with Crippen LogP contribution >= 0.6 is 11.3 Å². The van der Waals surface area contributed by atoms with Gasteiger partial charge in [0.25, 0.3) is 0 Å². The summed E-state index contributed by atoms with van der Waals surface area (Å²) in [6.45, 7) is 2.37. The lowest BCUT2D eigenvalue weighted by Gasteiger charge is -2.28. The zero-order chi connectivity index (χ0) is 37.9. The van der Waals surface area contributed by atoms with Gasteiger partial charge in [0, 0.05) is 42.3 Å². The Morgan fingerprint density at radius 1 is 0.368 bits per heavy atom. The molecule has 268 valence electrons. The molecule has 2 aromatic heterocycles. The molecule has 2 nitrogen and oxygen atoms in total. The molecule has 1 unspecified atom stereocenters. The Balaban J connectivity index is 1.11. The number of fused-ring (bicyclic) bond motifs is 6. The second-order valence-electron chi connectivity index (χ2n) is 15.1. The minimum atomic E-state index is -0.310. The first-order chi connectivity index (χ1) is 28.1. The molecule has 0 aliphatic heterocycles. The van der Waals surface area contributed by atoms with E-state index in [9.17, 15) is 0 Å². The van der Waals surface area contributed by atoms with Crippen LogP contribution in [0, 0.1) is 0 Å². The molecule has 0 radical (unpaired) electrons. The van der Waals surface area contributed by atoms with Crippen molar-refractivity contribution in [3.8, 4) is 67.3 Å². The fourth-order valence-electron chi connectivity index (χ4n) is 8.84. The van der Waals surface area contributed by atoms with E-state index in [1.54, 1.807) is 0 Å². The van der Waals surface area contributed by atoms with Crippen LogP contribution in [0.4, 0.5) is 0 Å². The van der Waals surface area contributed by atoms with Gasteiger partial charge in [-0.1, -0.05) is 158 Å². The van der Waals surface area contributed by atoms with Gasteiger partial charge in [-0.05, 0) is 99.5 Å². The number of hydrogen-bond acceptors (Lipinski definition) is 3. The van der Waals surface area contributed by atoms with Gasteiger partial charge in [-0.15, -0.1) is 11.3 Å². The van der Waals surface area contributed by atoms with Crippen LogP contribution in [0.25, 0.3) is 87.5 Å². The minimum absolute atomic E-state index is 0.310. The first-order valence-electron chi connectivity index (χ1n) is 19.5. The van der Waals surface area contributed by atoms with Gasteiger partial charge < -0.3 is 0 Å². The molecule has 0 saturated heterocycles. The van der Waals surface area contributed by atoms with Crippen LogP contribution in [0.2, 0.25) is 0 Å². The smallest absolute Gasteiger partial charge is 0.160 e. The van der Waals surface area contributed by atoms with Crippen LogP contribution in [0.15, 0.2) is 200 Å². The van der Waals surface area contributed by atoms with E-state index in [0.717, 1.165) is 39.2 Å². The molecule has 1 aliphatic carbocycles. The highest BCUT2D eigenvalue weighted by molar-refractivity contribution is 7.25. The number of thiophene rings is 1. The number of nitrogens with zero attached hydrogens (tertiary/aromatic N) is 2. The molecule has 0 fully saturated rings. The van der Waals surface area contributed by atoms with E-state index in [2.05, 4.69) is 201 Å². The number of hydrogen-bond donors (Lipinski definition) is 0. The van der Waals surface area contributed by atoms with Crippen LogP contribution in [-0.2, 0) is 5.41 Å². The zero-order valence-electron chi connectivity index (χ0n) is 31.4. The van der Waals surface area contributed by atoms with Crippen molar-refractivity contribution in [2.75, 3.05) is 0 Å². The van der Waals surface area contributed by atoms with Crippen LogP contribution in [0.3, 0.4) is 0 Å². The summed E-state index contributed by atoms with van der Waals surface area (Å²) < 4.78 is 2.60. The lowest BCUT2D eigenvalue weighted by molar-refractivity contribution is 0.714. The van der Waals surface area contributed by atoms with Gasteiger partial charge in [0.05, 0.1) is 11.4 Å². The highest BCUT2D eigenvalue weighted by Crippen LogP contribution is 2.53. The zero-order valence-corrected chi connectivity index (χ0v) is 32.2. The predicted molar refractivity (Wildman–Crippen MR) is 240 cm³/mol. The maximum atomic E-state index is 5.32. The van der Waals surface area contributed by atoms with Gasteiger partial charge in [0.15, 0.2) is 5.82 Å². The molecule has 1 aliphatic rings. The summed E-state index contributed by atoms with van der Waals surface area (Å²) in [7, 11) is 0. The Bertz CT molecular complexity index is 3130. The molecule has 1 atom stereocenters. The molecule has 57 heavy (non-hydrogen) atoms. The minimum Gasteiger partial charge on any atom is -0.228 e. The fraction of sp³-hybridized carbons (Fsp3) is 0.0370. The maximum Gasteiger partial charge on any atom is 0.160 e. The first kappa shape index (κ1) is 33.4. The second kappa shape index (κ2) is 13.4. The summed E-state index contributed by atoms with van der Waals surface area (Å²) in [5.41, 5.74) is 15.7. The molecule has 0 bridgehead atoms. The van der Waals surface area contributed by atoms with Crippen molar-refractivity contribution >= 4 is 31.5 Å². The van der Waals surface area contributed by atoms with E-state index in [1.807, 2.05) is 17.4 Å². The number of aromatic nitrogens is 2. The van der Waals surface area contributed by atoms with Crippen molar-refractivity contribution in [3.05, 3.63) is 217 Å². The third-order valence-electron chi connectivity index (χ3n) is 11.8. The second-order valence-corrected chi connectivity index (χ2v) is 16.2. The molecule has 0 N–H and O–H groups in total. The Labute approximate surface area is 336 Å². The van der Waals surface area contributed by atoms with Crippen LogP contribution in [0.1, 0.15) is 23.6 Å². The van der Waals surface area contributed by atoms with Gasteiger partial charge >= 0.3 is 0 Å². The van der Waals surface area contributed by atoms with Gasteiger partial charge in [-0.2, -0.15) is 0 Å². The summed E-state index contributed by atoms with van der Waals surface area (Å²) in [6.07, 6.45) is 0. The van der Waals surface area contributed by atoms with Crippen molar-refractivity contribution in [3.63, 3.8) is 0 Å². The summed E-state index contributed by atoms with van der Waals surface area (Å²) in [5, 5.41) is 2.61. The molecule has 0 amide bonds. The molecule has 10 aromatic rings. The third-order valence-corrected chi connectivity index (χ3v) is 12.9.